The maximum atomic E-state index is 14.2. The Morgan fingerprint density at radius 1 is 0.349 bits per heavy atom. The van der Waals surface area contributed by atoms with E-state index in [4.69, 9.17) is 43.6 Å². The Bertz CT molecular complexity index is 6980. The highest BCUT2D eigenvalue weighted by Crippen LogP contribution is 2.44. The van der Waals surface area contributed by atoms with Gasteiger partial charge in [-0.3, -0.25) is 49.0 Å². The number of nitrogens with one attached hydrogen (secondary N) is 2. The zero-order valence-electron chi connectivity index (χ0n) is 78.0. The van der Waals surface area contributed by atoms with Crippen LogP contribution in [0, 0.1) is 34.9 Å². The van der Waals surface area contributed by atoms with Gasteiger partial charge in [0.1, 0.15) is 87.5 Å². The number of amides is 7. The van der Waals surface area contributed by atoms with Crippen molar-refractivity contribution in [1.82, 2.24) is 34.5 Å². The predicted octanol–water partition coefficient (Wildman–Crippen LogP) is 15.7. The van der Waals surface area contributed by atoms with Crippen LogP contribution in [-0.4, -0.2) is 183 Å². The molecule has 43 heteroatoms. The minimum Gasteiger partial charge on any atom is -0.508 e. The van der Waals surface area contributed by atoms with Crippen molar-refractivity contribution in [3.8, 4) is 34.5 Å². The van der Waals surface area contributed by atoms with Gasteiger partial charge in [0.25, 0.3) is 41.4 Å². The van der Waals surface area contributed by atoms with Gasteiger partial charge in [0.15, 0.2) is 48.8 Å². The molecule has 0 radical (unpaired) electrons. The molecule has 0 aliphatic carbocycles. The Morgan fingerprint density at radius 2 is 0.596 bits per heavy atom. The second kappa shape index (κ2) is 49.9. The molecule has 11 aromatic carbocycles. The Balaban J connectivity index is 0.000000157. The summed E-state index contributed by atoms with van der Waals surface area (Å²) < 4.78 is 127. The highest BCUT2D eigenvalue weighted by atomic mass is 35.5. The predicted molar refractivity (Wildman–Crippen MR) is 516 cm³/mol. The number of aliphatic carboxylic acids is 1. The summed E-state index contributed by atoms with van der Waals surface area (Å²) in [5.41, 5.74) is 12.2. The molecule has 7 heterocycles. The molecule has 5 aliphatic rings. The van der Waals surface area contributed by atoms with Crippen molar-refractivity contribution in [2.24, 2.45) is 5.73 Å². The van der Waals surface area contributed by atoms with Crippen molar-refractivity contribution in [3.63, 3.8) is 0 Å². The number of thiazole rings is 2. The molecule has 8 N–H and O–H groups in total. The Hall–Kier alpha value is -16.6. The standard InChI is InChI=1S/C21H18FN3O4S.C19H14FN3O3S.C19H18FNO5.C18H16FNO5.C17H14FNO4.C9H10FNO3.ClH/c1-28-12-29-17-7-6-14(22)10-16(17)18(19(26)24-21-23-8-9-30-21)25-11-13-4-2-3-5-15(13)20(25)27;20-12-5-6-15(24)14(9-12)16(17(25)22-19-21-7-8-27-19)23-10-11-3-1-2-4-13(11)18(23)26;1-24-11-26-16-8-7-13(20)9-15(16)17(19(23)25-2)21-10-12-5-3-4-6-14(12)18(21)22;1-24-10-25-15-7-6-12(19)8-14(15)16(18(22)23)20-9-11-4-2-3-5-13(11)17(20)21;1-23-17(22)15(13-8-11(18)6-7-14(13)20)19-9-10-4-2-3-5-12(10)16(19)21;1-14-9(13)8(11)6-4-5(10)2-3-7(6)12;/h2-10,18H,11-12H2,1H3,(H,23,24,26);1-9,16,24H,10H2,(H,21,22,25);3-9,17H,10-11H2,1-2H3;2-8,16H,9-10H2,1H3,(H,22,23);2-8,15,20H,9H2,1H3;2-4,8,12H,11H2,1H3;1H. The molecule has 0 saturated carbocycles. The number of hydrogen-bond acceptors (Lipinski definition) is 28. The number of ether oxygens (including phenoxy) is 9. The molecule has 6 atom stereocenters. The molecule has 146 heavy (non-hydrogen) atoms. The van der Waals surface area contributed by atoms with E-state index in [2.05, 4.69) is 25.3 Å². The Labute approximate surface area is 843 Å². The Kier molecular flexibility index (Phi) is 36.9. The van der Waals surface area contributed by atoms with Crippen LogP contribution in [0.25, 0.3) is 0 Å². The number of nitrogens with two attached hydrogens (primary N) is 1. The smallest absolute Gasteiger partial charge is 0.333 e. The van der Waals surface area contributed by atoms with Crippen LogP contribution >= 0.6 is 35.1 Å². The lowest BCUT2D eigenvalue weighted by molar-refractivity contribution is -0.147. The van der Waals surface area contributed by atoms with E-state index in [0.717, 1.165) is 88.5 Å². The van der Waals surface area contributed by atoms with Crippen molar-refractivity contribution in [1.29, 1.82) is 0 Å². The number of esters is 3. The largest absolute Gasteiger partial charge is 0.508 e. The first-order valence-corrected chi connectivity index (χ1v) is 45.3. The third-order valence-electron chi connectivity index (χ3n) is 22.9. The number of nitrogens with zero attached hydrogens (tertiary/aromatic N) is 7. The van der Waals surface area contributed by atoms with E-state index in [0.29, 0.717) is 38.1 Å². The molecule has 34 nitrogen and oxygen atoms in total. The molecule has 0 bridgehead atoms. The minimum atomic E-state index is -1.37. The number of carboxylic acid groups (broad SMARTS) is 1. The van der Waals surface area contributed by atoms with Crippen molar-refractivity contribution >= 4 is 111 Å². The molecule has 6 unspecified atom stereocenters. The molecule has 5 aliphatic heterocycles. The fraction of sp³-hybridized carbons (Fsp3) is 0.194. The number of aromatic hydroxyl groups is 3. The number of hydrogen-bond donors (Lipinski definition) is 7. The number of carbonyl (C=O) groups is 11. The van der Waals surface area contributed by atoms with E-state index in [-0.39, 0.29) is 157 Å². The first-order chi connectivity index (χ1) is 69.8. The summed E-state index contributed by atoms with van der Waals surface area (Å²) in [6.45, 7) is 0.630. The lowest BCUT2D eigenvalue weighted by Crippen LogP contribution is -2.38. The second-order valence-electron chi connectivity index (χ2n) is 31.8. The van der Waals surface area contributed by atoms with E-state index in [1.165, 1.54) is 145 Å². The van der Waals surface area contributed by atoms with Gasteiger partial charge in [-0.1, -0.05) is 91.0 Å². The normalized spacial score (nSPS) is 13.9. The number of phenolic OH excluding ortho intramolecular Hbond substituents is 3. The van der Waals surface area contributed by atoms with Crippen LogP contribution in [-0.2, 0) is 89.9 Å². The van der Waals surface area contributed by atoms with E-state index in [1.807, 2.05) is 24.3 Å². The molecular formula is C103H91ClF6N10O24S2. The van der Waals surface area contributed by atoms with E-state index >= 15 is 0 Å². The van der Waals surface area contributed by atoms with Gasteiger partial charge in [-0.25, -0.2) is 50.7 Å². The van der Waals surface area contributed by atoms with Crippen LogP contribution in [0.1, 0.15) is 149 Å². The molecule has 7 amide bonds. The number of fused-ring (bicyclic) bond motifs is 5. The third-order valence-corrected chi connectivity index (χ3v) is 24.2. The third kappa shape index (κ3) is 25.1. The summed E-state index contributed by atoms with van der Waals surface area (Å²) in [5, 5.41) is 48.8. The fourth-order valence-electron chi connectivity index (χ4n) is 16.2. The van der Waals surface area contributed by atoms with Crippen molar-refractivity contribution < 1.29 is 142 Å². The maximum Gasteiger partial charge on any atom is 0.333 e. The quantitative estimate of drug-likeness (QED) is 0.0104. The first kappa shape index (κ1) is 108. The van der Waals surface area contributed by atoms with Crippen LogP contribution < -0.4 is 30.6 Å². The second-order valence-corrected chi connectivity index (χ2v) is 33.6. The van der Waals surface area contributed by atoms with E-state index in [9.17, 15) is 99.5 Å². The van der Waals surface area contributed by atoms with Crippen LogP contribution in [0.2, 0.25) is 0 Å². The number of methoxy groups -OCH3 is 6. The van der Waals surface area contributed by atoms with Crippen LogP contribution in [0.3, 0.4) is 0 Å². The molecule has 0 saturated heterocycles. The summed E-state index contributed by atoms with van der Waals surface area (Å²) >= 11 is 2.46. The molecule has 2 aromatic heterocycles. The maximum absolute atomic E-state index is 14.2. The zero-order chi connectivity index (χ0) is 104. The first-order valence-electron chi connectivity index (χ1n) is 43.6. The summed E-state index contributed by atoms with van der Waals surface area (Å²) in [5.74, 6) is -9.92. The number of anilines is 2. The SMILES string of the molecule is COC(=O)C(N)c1cc(F)ccc1O.COC(=O)C(c1cc(F)ccc1O)N1Cc2ccccc2C1=O.COCOc1ccc(F)cc1C(C(=O)Nc1nccs1)N1Cc2ccccc2C1=O.COCOc1ccc(F)cc1C(C(=O)O)N1Cc2ccccc2C1=O.COCOc1ccc(F)cc1C(C(=O)OC)N1Cc2ccccc2C1=O.Cl.O=C(Nc1nccs1)C(c1cc(F)ccc1O)N1Cc2ccccc2C1=O. The molecule has 758 valence electrons. The highest BCUT2D eigenvalue weighted by Gasteiger charge is 2.46. The average molecular weight is 2070 g/mol. The number of halogens is 7. The lowest BCUT2D eigenvalue weighted by atomic mass is 10.0. The number of benzene rings is 11. The molecule has 13 aromatic rings. The molecule has 0 spiro atoms. The summed E-state index contributed by atoms with van der Waals surface area (Å²) in [6, 6.07) is 48.9. The zero-order valence-corrected chi connectivity index (χ0v) is 80.5. The van der Waals surface area contributed by atoms with Crippen LogP contribution in [0.5, 0.6) is 34.5 Å². The molecule has 0 fully saturated rings. The summed E-state index contributed by atoms with van der Waals surface area (Å²) in [4.78, 5) is 152. The topological polar surface area (TPSA) is 444 Å². The summed E-state index contributed by atoms with van der Waals surface area (Å²) in [6.07, 6.45) is 3.09. The summed E-state index contributed by atoms with van der Waals surface area (Å²) in [7, 11) is 7.88. The monoisotopic (exact) mass is 2060 g/mol. The fourth-order valence-corrected chi connectivity index (χ4v) is 17.3. The number of phenols is 3. The van der Waals surface area contributed by atoms with Gasteiger partial charge in [-0.15, -0.1) is 35.1 Å². The van der Waals surface area contributed by atoms with Gasteiger partial charge in [0.2, 0.25) is 0 Å². The number of carbonyl (C=O) groups excluding carboxylic acids is 10. The van der Waals surface area contributed by atoms with Crippen molar-refractivity contribution in [2.45, 2.75) is 69.0 Å². The van der Waals surface area contributed by atoms with Crippen LogP contribution in [0.4, 0.5) is 36.6 Å². The van der Waals surface area contributed by atoms with E-state index in [1.54, 1.807) is 114 Å². The van der Waals surface area contributed by atoms with Crippen molar-refractivity contribution in [2.75, 3.05) is 73.7 Å². The average Bonchev–Trinajstić information content (AvgIpc) is 1.63. The van der Waals surface area contributed by atoms with Gasteiger partial charge >= 0.3 is 23.9 Å². The molecule has 18 rings (SSSR count). The van der Waals surface area contributed by atoms with E-state index < -0.39 is 113 Å². The number of aromatic nitrogens is 2. The lowest BCUT2D eigenvalue weighted by Gasteiger charge is -2.28. The minimum absolute atomic E-state index is 0. The van der Waals surface area contributed by atoms with Crippen LogP contribution in [0.15, 0.2) is 254 Å². The van der Waals surface area contributed by atoms with Gasteiger partial charge in [-0.2, -0.15) is 0 Å². The van der Waals surface area contributed by atoms with Gasteiger partial charge in [0, 0.05) is 138 Å². The highest BCUT2D eigenvalue weighted by molar-refractivity contribution is 7.14. The number of carboxylic acids is 1. The van der Waals surface area contributed by atoms with Gasteiger partial charge in [-0.05, 0) is 167 Å². The van der Waals surface area contributed by atoms with Gasteiger partial charge in [0.05, 0.1) is 21.3 Å². The number of rotatable bonds is 28. The molecular weight excluding hydrogens is 1970 g/mol. The van der Waals surface area contributed by atoms with Gasteiger partial charge < -0.3 is 93.3 Å². The van der Waals surface area contributed by atoms with Crippen molar-refractivity contribution in [3.05, 3.63) is 378 Å². The Morgan fingerprint density at radius 3 is 0.884 bits per heavy atom.